The van der Waals surface area contributed by atoms with E-state index >= 15 is 0 Å². The molecule has 0 radical (unpaired) electrons. The average Bonchev–Trinajstić information content (AvgIpc) is 2.93. The number of nitrogens with zero attached hydrogens (tertiary/aromatic N) is 1. The molecule has 3 rings (SSSR count). The van der Waals surface area contributed by atoms with Gasteiger partial charge in [-0.25, -0.2) is 14.2 Å². The van der Waals surface area contributed by atoms with Crippen LogP contribution >= 0.6 is 11.6 Å². The Morgan fingerprint density at radius 2 is 2.12 bits per heavy atom. The van der Waals surface area contributed by atoms with Gasteiger partial charge in [-0.15, -0.1) is 0 Å². The summed E-state index contributed by atoms with van der Waals surface area (Å²) in [6, 6.07) is 7.10. The first-order valence-corrected chi connectivity index (χ1v) is 8.05. The first kappa shape index (κ1) is 17.9. The summed E-state index contributed by atoms with van der Waals surface area (Å²) in [6.07, 6.45) is 0.373. The van der Waals surface area contributed by atoms with Crippen molar-refractivity contribution in [1.82, 2.24) is 4.98 Å². The second-order valence-electron chi connectivity index (χ2n) is 5.58. The Morgan fingerprint density at radius 3 is 2.85 bits per heavy atom. The third-order valence-corrected chi connectivity index (χ3v) is 4.05. The van der Waals surface area contributed by atoms with E-state index in [2.05, 4.69) is 10.3 Å². The van der Waals surface area contributed by atoms with Gasteiger partial charge in [0.25, 0.3) is 5.91 Å². The minimum atomic E-state index is -1.11. The number of hydrogen-bond donors (Lipinski definition) is 1. The molecule has 0 bridgehead atoms. The zero-order valence-corrected chi connectivity index (χ0v) is 14.6. The molecule has 0 unspecified atom stereocenters. The summed E-state index contributed by atoms with van der Waals surface area (Å²) < 4.78 is 23.9. The van der Waals surface area contributed by atoms with Crippen molar-refractivity contribution in [2.45, 2.75) is 20.0 Å². The van der Waals surface area contributed by atoms with Crippen LogP contribution in [0.2, 0.25) is 5.15 Å². The minimum Gasteiger partial charge on any atom is -0.449 e. The molecule has 1 atom stereocenters. The number of halogens is 2. The van der Waals surface area contributed by atoms with Gasteiger partial charge in [0.2, 0.25) is 5.76 Å². The van der Waals surface area contributed by atoms with Crippen molar-refractivity contribution in [2.24, 2.45) is 0 Å². The van der Waals surface area contributed by atoms with Gasteiger partial charge in [-0.1, -0.05) is 11.6 Å². The van der Waals surface area contributed by atoms with E-state index in [-0.39, 0.29) is 10.9 Å². The molecule has 26 heavy (non-hydrogen) atoms. The molecule has 3 aromatic rings. The van der Waals surface area contributed by atoms with E-state index in [1.165, 1.54) is 31.3 Å². The maximum Gasteiger partial charge on any atom is 0.375 e. The fourth-order valence-corrected chi connectivity index (χ4v) is 2.54. The highest BCUT2D eigenvalue weighted by atomic mass is 35.5. The number of nitrogens with one attached hydrogen (secondary N) is 1. The van der Waals surface area contributed by atoms with Crippen LogP contribution in [0.4, 0.5) is 10.1 Å². The standard InChI is InChI=1S/C18H14ClFN2O4/c1-9-12-8-11(20)5-6-14(12)26-15(9)18(24)25-10(2)17(23)22-13-4-3-7-21-16(13)19/h3-8,10H,1-2H3,(H,22,23)/t10-/m1/s1. The number of ether oxygens (including phenoxy) is 1. The Kier molecular flexibility index (Phi) is 4.90. The van der Waals surface area contributed by atoms with Gasteiger partial charge in [-0.3, -0.25) is 4.79 Å². The van der Waals surface area contributed by atoms with E-state index in [1.807, 2.05) is 0 Å². The topological polar surface area (TPSA) is 81.4 Å². The molecule has 134 valence electrons. The summed E-state index contributed by atoms with van der Waals surface area (Å²) in [7, 11) is 0. The highest BCUT2D eigenvalue weighted by Crippen LogP contribution is 2.27. The molecule has 0 spiro atoms. The van der Waals surface area contributed by atoms with Gasteiger partial charge in [0, 0.05) is 17.1 Å². The van der Waals surface area contributed by atoms with Crippen molar-refractivity contribution in [1.29, 1.82) is 0 Å². The van der Waals surface area contributed by atoms with Crippen LogP contribution in [0.3, 0.4) is 0 Å². The Bertz CT molecular complexity index is 1000. The molecular weight excluding hydrogens is 363 g/mol. The lowest BCUT2D eigenvalue weighted by Crippen LogP contribution is -2.30. The summed E-state index contributed by atoms with van der Waals surface area (Å²) in [6.45, 7) is 3.02. The molecule has 0 fully saturated rings. The highest BCUT2D eigenvalue weighted by molar-refractivity contribution is 6.32. The lowest BCUT2D eigenvalue weighted by molar-refractivity contribution is -0.123. The van der Waals surface area contributed by atoms with Gasteiger partial charge in [0.05, 0.1) is 5.69 Å². The first-order valence-electron chi connectivity index (χ1n) is 7.68. The molecule has 0 saturated carbocycles. The van der Waals surface area contributed by atoms with Crippen LogP contribution in [-0.2, 0) is 9.53 Å². The van der Waals surface area contributed by atoms with Gasteiger partial charge in [0.1, 0.15) is 11.4 Å². The highest BCUT2D eigenvalue weighted by Gasteiger charge is 2.24. The van der Waals surface area contributed by atoms with Crippen LogP contribution in [0.15, 0.2) is 40.9 Å². The molecule has 8 heteroatoms. The minimum absolute atomic E-state index is 0.0790. The Morgan fingerprint density at radius 1 is 1.35 bits per heavy atom. The molecule has 1 amide bonds. The summed E-state index contributed by atoms with van der Waals surface area (Å²) in [5.41, 5.74) is 1.10. The van der Waals surface area contributed by atoms with Crippen molar-refractivity contribution in [3.63, 3.8) is 0 Å². The molecule has 0 aliphatic carbocycles. The number of furan rings is 1. The van der Waals surface area contributed by atoms with E-state index in [0.717, 1.165) is 0 Å². The summed E-state index contributed by atoms with van der Waals surface area (Å²) in [5.74, 6) is -1.92. The van der Waals surface area contributed by atoms with Crippen LogP contribution in [0.5, 0.6) is 0 Å². The maximum atomic E-state index is 13.4. The van der Waals surface area contributed by atoms with Crippen LogP contribution < -0.4 is 5.32 Å². The van der Waals surface area contributed by atoms with Crippen molar-refractivity contribution >= 4 is 40.1 Å². The second-order valence-corrected chi connectivity index (χ2v) is 5.93. The van der Waals surface area contributed by atoms with Gasteiger partial charge in [-0.2, -0.15) is 0 Å². The van der Waals surface area contributed by atoms with Gasteiger partial charge < -0.3 is 14.5 Å². The number of esters is 1. The van der Waals surface area contributed by atoms with Crippen LogP contribution in [0.1, 0.15) is 23.0 Å². The smallest absolute Gasteiger partial charge is 0.375 e. The first-order chi connectivity index (χ1) is 12.4. The molecule has 1 aromatic carbocycles. The number of carbonyl (C=O) groups is 2. The van der Waals surface area contributed by atoms with Crippen molar-refractivity contribution in [2.75, 3.05) is 5.32 Å². The third kappa shape index (κ3) is 3.52. The van der Waals surface area contributed by atoms with Crippen LogP contribution in [0.25, 0.3) is 11.0 Å². The molecule has 0 aliphatic heterocycles. The zero-order valence-electron chi connectivity index (χ0n) is 13.9. The molecule has 6 nitrogen and oxygen atoms in total. The number of carbonyl (C=O) groups excluding carboxylic acids is 2. The number of hydrogen-bond acceptors (Lipinski definition) is 5. The molecule has 2 heterocycles. The lowest BCUT2D eigenvalue weighted by Gasteiger charge is -2.13. The number of aryl methyl sites for hydroxylation is 1. The Labute approximate surface area is 152 Å². The monoisotopic (exact) mass is 376 g/mol. The third-order valence-electron chi connectivity index (χ3n) is 3.75. The molecule has 0 saturated heterocycles. The molecule has 0 aliphatic rings. The normalized spacial score (nSPS) is 12.0. The number of fused-ring (bicyclic) bond motifs is 1. The van der Waals surface area contributed by atoms with E-state index in [0.29, 0.717) is 22.2 Å². The number of aromatic nitrogens is 1. The second kappa shape index (κ2) is 7.13. The van der Waals surface area contributed by atoms with E-state index in [9.17, 15) is 14.0 Å². The largest absolute Gasteiger partial charge is 0.449 e. The van der Waals surface area contributed by atoms with Crippen molar-refractivity contribution in [3.8, 4) is 0 Å². The summed E-state index contributed by atoms with van der Waals surface area (Å²) in [4.78, 5) is 28.3. The van der Waals surface area contributed by atoms with Crippen molar-refractivity contribution < 1.29 is 23.1 Å². The van der Waals surface area contributed by atoms with Crippen molar-refractivity contribution in [3.05, 3.63) is 58.8 Å². The van der Waals surface area contributed by atoms with Crippen LogP contribution in [-0.4, -0.2) is 23.0 Å². The summed E-state index contributed by atoms with van der Waals surface area (Å²) >= 11 is 5.87. The number of anilines is 1. The number of benzene rings is 1. The number of rotatable bonds is 4. The van der Waals surface area contributed by atoms with E-state index in [1.54, 1.807) is 19.1 Å². The predicted octanol–water partition coefficient (Wildman–Crippen LogP) is 4.11. The van der Waals surface area contributed by atoms with Gasteiger partial charge >= 0.3 is 5.97 Å². The zero-order chi connectivity index (χ0) is 18.8. The Balaban J connectivity index is 1.74. The SMILES string of the molecule is Cc1c(C(=O)O[C@H](C)C(=O)Nc2cccnc2Cl)oc2ccc(F)cc12. The average molecular weight is 377 g/mol. The summed E-state index contributed by atoms with van der Waals surface area (Å²) in [5, 5.41) is 3.11. The number of pyridine rings is 1. The van der Waals surface area contributed by atoms with Gasteiger partial charge in [0.15, 0.2) is 11.3 Å². The van der Waals surface area contributed by atoms with Crippen LogP contribution in [0, 0.1) is 12.7 Å². The fourth-order valence-electron chi connectivity index (χ4n) is 2.37. The Hall–Kier alpha value is -2.93. The molecular formula is C18H14ClFN2O4. The predicted molar refractivity (Wildman–Crippen MR) is 93.7 cm³/mol. The van der Waals surface area contributed by atoms with E-state index < -0.39 is 23.8 Å². The lowest BCUT2D eigenvalue weighted by atomic mass is 10.1. The number of amides is 1. The quantitative estimate of drug-likeness (QED) is 0.547. The van der Waals surface area contributed by atoms with Gasteiger partial charge in [-0.05, 0) is 44.2 Å². The van der Waals surface area contributed by atoms with E-state index in [4.69, 9.17) is 20.8 Å². The fraction of sp³-hybridized carbons (Fsp3) is 0.167. The molecule has 2 aromatic heterocycles. The maximum absolute atomic E-state index is 13.4. The molecule has 1 N–H and O–H groups in total.